The molecule has 0 atom stereocenters. The highest BCUT2D eigenvalue weighted by Gasteiger charge is 2.15. The number of para-hydroxylation sites is 1. The van der Waals surface area contributed by atoms with E-state index in [-0.39, 0.29) is 5.57 Å². The first-order valence-corrected chi connectivity index (χ1v) is 10.4. The van der Waals surface area contributed by atoms with Crippen LogP contribution >= 0.6 is 0 Å². The summed E-state index contributed by atoms with van der Waals surface area (Å²) >= 11 is 0. The highest BCUT2D eigenvalue weighted by Crippen LogP contribution is 2.25. The van der Waals surface area contributed by atoms with Gasteiger partial charge in [-0.05, 0) is 80.8 Å². The van der Waals surface area contributed by atoms with E-state index in [2.05, 4.69) is 28.9 Å². The molecule has 0 fully saturated rings. The van der Waals surface area contributed by atoms with Gasteiger partial charge in [-0.25, -0.2) is 0 Å². The molecule has 0 aliphatic rings. The van der Waals surface area contributed by atoms with Gasteiger partial charge in [0.15, 0.2) is 0 Å². The number of aromatic nitrogens is 1. The molecule has 0 saturated carbocycles. The molecule has 2 aromatic carbocycles. The molecule has 0 radical (unpaired) electrons. The fourth-order valence-corrected chi connectivity index (χ4v) is 3.64. The lowest BCUT2D eigenvalue weighted by atomic mass is 10.1. The van der Waals surface area contributed by atoms with Crippen LogP contribution in [-0.2, 0) is 11.2 Å². The van der Waals surface area contributed by atoms with E-state index in [9.17, 15) is 10.1 Å². The maximum absolute atomic E-state index is 12.7. The summed E-state index contributed by atoms with van der Waals surface area (Å²) in [5, 5.41) is 12.4. The van der Waals surface area contributed by atoms with Crippen molar-refractivity contribution in [3.63, 3.8) is 0 Å². The van der Waals surface area contributed by atoms with Gasteiger partial charge >= 0.3 is 0 Å². The van der Waals surface area contributed by atoms with Gasteiger partial charge in [-0.2, -0.15) is 5.26 Å². The van der Waals surface area contributed by atoms with Crippen LogP contribution in [0.1, 0.15) is 36.4 Å². The van der Waals surface area contributed by atoms with E-state index in [0.29, 0.717) is 12.3 Å². The van der Waals surface area contributed by atoms with E-state index in [1.807, 2.05) is 45.0 Å². The van der Waals surface area contributed by atoms with Crippen LogP contribution in [0.5, 0.6) is 5.75 Å². The van der Waals surface area contributed by atoms with Crippen LogP contribution in [0.4, 0.5) is 5.69 Å². The number of aryl methyl sites for hydroxylation is 2. The summed E-state index contributed by atoms with van der Waals surface area (Å²) in [5.74, 6) is 0.293. The molecule has 0 aliphatic heterocycles. The van der Waals surface area contributed by atoms with Gasteiger partial charge < -0.3 is 14.6 Å². The molecule has 5 nitrogen and oxygen atoms in total. The molecule has 1 heterocycles. The Hall–Kier alpha value is -3.78. The normalized spacial score (nSPS) is 11.1. The lowest BCUT2D eigenvalue weighted by Gasteiger charge is -2.14. The maximum Gasteiger partial charge on any atom is 0.266 e. The first-order valence-electron chi connectivity index (χ1n) is 10.4. The number of nitriles is 1. The quantitative estimate of drug-likeness (QED) is 0.405. The Morgan fingerprint density at radius 2 is 1.84 bits per heavy atom. The van der Waals surface area contributed by atoms with Crippen LogP contribution in [0.2, 0.25) is 0 Å². The first kappa shape index (κ1) is 21.9. The van der Waals surface area contributed by atoms with E-state index in [1.165, 1.54) is 5.56 Å². The summed E-state index contributed by atoms with van der Waals surface area (Å²) in [6, 6.07) is 19.4. The van der Waals surface area contributed by atoms with Gasteiger partial charge in [-0.3, -0.25) is 4.79 Å². The molecule has 0 spiro atoms. The Balaban J connectivity index is 1.89. The van der Waals surface area contributed by atoms with E-state index in [0.717, 1.165) is 34.8 Å². The van der Waals surface area contributed by atoms with Crippen molar-refractivity contribution >= 4 is 17.7 Å². The average molecular weight is 414 g/mol. The van der Waals surface area contributed by atoms with Gasteiger partial charge in [0, 0.05) is 22.8 Å². The predicted octanol–water partition coefficient (Wildman–Crippen LogP) is 5.60. The lowest BCUT2D eigenvalue weighted by Crippen LogP contribution is -2.13. The maximum atomic E-state index is 12.7. The number of hydrogen-bond acceptors (Lipinski definition) is 3. The highest BCUT2D eigenvalue weighted by atomic mass is 16.5. The standard InChI is InChI=1S/C26H27N3O2/c1-5-20-9-7-8-10-25(20)29-18(3)15-21(19(29)4)16-22(17-27)26(30)28-23-11-13-24(14-12-23)31-6-2/h7-16H,5-6H2,1-4H3,(H,28,30)/b22-16-. The second-order valence-electron chi connectivity index (χ2n) is 7.23. The molecule has 0 aliphatic carbocycles. The fourth-order valence-electron chi connectivity index (χ4n) is 3.64. The highest BCUT2D eigenvalue weighted by molar-refractivity contribution is 6.09. The summed E-state index contributed by atoms with van der Waals surface area (Å²) in [6.45, 7) is 8.66. The van der Waals surface area contributed by atoms with Gasteiger partial charge in [-0.1, -0.05) is 25.1 Å². The monoisotopic (exact) mass is 413 g/mol. The largest absolute Gasteiger partial charge is 0.494 e. The van der Waals surface area contributed by atoms with Crippen molar-refractivity contribution in [2.75, 3.05) is 11.9 Å². The Kier molecular flexibility index (Phi) is 6.94. The van der Waals surface area contributed by atoms with Crippen molar-refractivity contribution in [2.45, 2.75) is 34.1 Å². The van der Waals surface area contributed by atoms with Crippen LogP contribution < -0.4 is 10.1 Å². The molecular formula is C26H27N3O2. The third-order valence-electron chi connectivity index (χ3n) is 5.17. The topological polar surface area (TPSA) is 67.0 Å². The number of benzene rings is 2. The molecule has 31 heavy (non-hydrogen) atoms. The van der Waals surface area contributed by atoms with Crippen molar-refractivity contribution in [3.05, 3.63) is 82.7 Å². The summed E-state index contributed by atoms with van der Waals surface area (Å²) < 4.78 is 7.58. The molecule has 3 rings (SSSR count). The summed E-state index contributed by atoms with van der Waals surface area (Å²) in [7, 11) is 0. The number of carbonyl (C=O) groups is 1. The molecule has 158 valence electrons. The van der Waals surface area contributed by atoms with Gasteiger partial charge in [0.2, 0.25) is 0 Å². The number of ether oxygens (including phenoxy) is 1. The molecule has 0 bridgehead atoms. The van der Waals surface area contributed by atoms with Gasteiger partial charge in [0.05, 0.1) is 6.61 Å². The number of carbonyl (C=O) groups excluding carboxylic acids is 1. The zero-order valence-corrected chi connectivity index (χ0v) is 18.4. The van der Waals surface area contributed by atoms with E-state index < -0.39 is 5.91 Å². The Morgan fingerprint density at radius 3 is 2.48 bits per heavy atom. The van der Waals surface area contributed by atoms with Crippen LogP contribution in [0.15, 0.2) is 60.2 Å². The SMILES string of the molecule is CCOc1ccc(NC(=O)/C(C#N)=C\c2cc(C)n(-c3ccccc3CC)c2C)cc1. The van der Waals surface area contributed by atoms with Gasteiger partial charge in [-0.15, -0.1) is 0 Å². The minimum Gasteiger partial charge on any atom is -0.494 e. The van der Waals surface area contributed by atoms with Crippen molar-refractivity contribution in [3.8, 4) is 17.5 Å². The lowest BCUT2D eigenvalue weighted by molar-refractivity contribution is -0.112. The number of amides is 1. The molecular weight excluding hydrogens is 386 g/mol. The Labute approximate surface area is 183 Å². The van der Waals surface area contributed by atoms with E-state index >= 15 is 0 Å². The third-order valence-corrected chi connectivity index (χ3v) is 5.17. The molecule has 3 aromatic rings. The predicted molar refractivity (Wildman–Crippen MR) is 124 cm³/mol. The Morgan fingerprint density at radius 1 is 1.13 bits per heavy atom. The minimum atomic E-state index is -0.439. The molecule has 1 aromatic heterocycles. The van der Waals surface area contributed by atoms with Crippen molar-refractivity contribution in [1.82, 2.24) is 4.57 Å². The molecule has 0 saturated heterocycles. The number of nitrogens with zero attached hydrogens (tertiary/aromatic N) is 2. The summed E-state index contributed by atoms with van der Waals surface area (Å²) in [6.07, 6.45) is 2.57. The zero-order valence-electron chi connectivity index (χ0n) is 18.4. The third kappa shape index (κ3) is 4.87. The molecule has 1 N–H and O–H groups in total. The molecule has 0 unspecified atom stereocenters. The number of rotatable bonds is 7. The number of anilines is 1. The first-order chi connectivity index (χ1) is 15.0. The van der Waals surface area contributed by atoms with Crippen LogP contribution in [0.25, 0.3) is 11.8 Å². The second-order valence-corrected chi connectivity index (χ2v) is 7.23. The zero-order chi connectivity index (χ0) is 22.4. The molecule has 5 heteroatoms. The number of nitrogens with one attached hydrogen (secondary N) is 1. The van der Waals surface area contributed by atoms with Crippen LogP contribution in [0, 0.1) is 25.2 Å². The molecule has 1 amide bonds. The van der Waals surface area contributed by atoms with E-state index in [1.54, 1.807) is 30.3 Å². The van der Waals surface area contributed by atoms with Gasteiger partial charge in [0.1, 0.15) is 17.4 Å². The van der Waals surface area contributed by atoms with Crippen LogP contribution in [0.3, 0.4) is 0 Å². The summed E-state index contributed by atoms with van der Waals surface area (Å²) in [5.41, 5.74) is 5.91. The summed E-state index contributed by atoms with van der Waals surface area (Å²) in [4.78, 5) is 12.7. The van der Waals surface area contributed by atoms with Crippen molar-refractivity contribution in [1.29, 1.82) is 5.26 Å². The van der Waals surface area contributed by atoms with Crippen LogP contribution in [-0.4, -0.2) is 17.1 Å². The second kappa shape index (κ2) is 9.82. The Bertz CT molecular complexity index is 1150. The average Bonchev–Trinajstić information content (AvgIpc) is 3.06. The fraction of sp³-hybridized carbons (Fsp3) is 0.231. The van der Waals surface area contributed by atoms with E-state index in [4.69, 9.17) is 4.74 Å². The van der Waals surface area contributed by atoms with Crippen molar-refractivity contribution < 1.29 is 9.53 Å². The van der Waals surface area contributed by atoms with Crippen molar-refractivity contribution in [2.24, 2.45) is 0 Å². The minimum absolute atomic E-state index is 0.0536. The number of hydrogen-bond donors (Lipinski definition) is 1. The van der Waals surface area contributed by atoms with Gasteiger partial charge in [0.25, 0.3) is 5.91 Å². The smallest absolute Gasteiger partial charge is 0.266 e.